The first-order valence-electron chi connectivity index (χ1n) is 11.1. The molecule has 4 rings (SSSR count). The Labute approximate surface area is 202 Å². The van der Waals surface area contributed by atoms with Crippen molar-refractivity contribution in [3.05, 3.63) is 69.7 Å². The Morgan fingerprint density at radius 3 is 2.09 bits per heavy atom. The number of benzene rings is 2. The molecule has 1 aliphatic carbocycles. The zero-order chi connectivity index (χ0) is 23.7. The summed E-state index contributed by atoms with van der Waals surface area (Å²) in [6.07, 6.45) is 3.13. The Balaban J connectivity index is 1.80. The zero-order valence-corrected chi connectivity index (χ0v) is 19.7. The first-order chi connectivity index (χ1) is 15.8. The van der Waals surface area contributed by atoms with Gasteiger partial charge in [-0.25, -0.2) is 5.01 Å². The second-order valence-corrected chi connectivity index (χ2v) is 9.23. The molecule has 3 atom stereocenters. The number of fused-ring (bicyclic) bond motifs is 1. The molecule has 2 aliphatic rings. The highest BCUT2D eigenvalue weighted by atomic mass is 35.5. The normalized spacial score (nSPS) is 21.0. The molecular formula is C25H24Cl2N2O4. The lowest BCUT2D eigenvalue weighted by atomic mass is 9.81. The van der Waals surface area contributed by atoms with Gasteiger partial charge in [0.1, 0.15) is 6.04 Å². The second-order valence-electron chi connectivity index (χ2n) is 8.42. The molecule has 3 amide bonds. The molecular weight excluding hydrogens is 463 g/mol. The lowest BCUT2D eigenvalue weighted by Crippen LogP contribution is -2.57. The van der Waals surface area contributed by atoms with Crippen LogP contribution in [0, 0.1) is 11.8 Å². The van der Waals surface area contributed by atoms with E-state index >= 15 is 0 Å². The van der Waals surface area contributed by atoms with Crippen molar-refractivity contribution in [1.29, 1.82) is 0 Å². The van der Waals surface area contributed by atoms with Crippen molar-refractivity contribution >= 4 is 46.7 Å². The first kappa shape index (κ1) is 23.5. The van der Waals surface area contributed by atoms with E-state index in [9.17, 15) is 19.2 Å². The Morgan fingerprint density at radius 2 is 1.55 bits per heavy atom. The largest absolute Gasteiger partial charge is 0.292 e. The molecule has 172 valence electrons. The average molecular weight is 487 g/mol. The summed E-state index contributed by atoms with van der Waals surface area (Å²) in [5.41, 5.74) is 0.534. The van der Waals surface area contributed by atoms with Gasteiger partial charge >= 0.3 is 0 Å². The van der Waals surface area contributed by atoms with Crippen LogP contribution < -0.4 is 0 Å². The zero-order valence-electron chi connectivity index (χ0n) is 18.2. The van der Waals surface area contributed by atoms with E-state index in [1.165, 1.54) is 18.2 Å². The molecule has 0 bridgehead atoms. The van der Waals surface area contributed by atoms with Gasteiger partial charge in [-0.1, -0.05) is 73.3 Å². The minimum absolute atomic E-state index is 0.138. The van der Waals surface area contributed by atoms with Gasteiger partial charge in [-0.3, -0.25) is 19.2 Å². The third kappa shape index (κ3) is 4.30. The number of carbonyl (C=O) groups is 4. The monoisotopic (exact) mass is 486 g/mol. The van der Waals surface area contributed by atoms with Crippen LogP contribution in [0.3, 0.4) is 0 Å². The van der Waals surface area contributed by atoms with Crippen molar-refractivity contribution in [2.45, 2.75) is 45.1 Å². The average Bonchev–Trinajstić information content (AvgIpc) is 3.09. The lowest BCUT2D eigenvalue weighted by molar-refractivity contribution is -0.156. The minimum Gasteiger partial charge on any atom is -0.292 e. The Morgan fingerprint density at radius 1 is 0.939 bits per heavy atom. The summed E-state index contributed by atoms with van der Waals surface area (Å²) in [6.45, 7) is 1.75. The molecule has 1 saturated heterocycles. The third-order valence-corrected chi connectivity index (χ3v) is 7.19. The predicted octanol–water partition coefficient (Wildman–Crippen LogP) is 5.19. The van der Waals surface area contributed by atoms with Crippen molar-refractivity contribution < 1.29 is 19.2 Å². The summed E-state index contributed by atoms with van der Waals surface area (Å²) in [4.78, 5) is 54.0. The molecule has 0 aromatic heterocycles. The summed E-state index contributed by atoms with van der Waals surface area (Å²) in [6, 6.07) is 11.8. The van der Waals surface area contributed by atoms with Crippen LogP contribution in [0.5, 0.6) is 0 Å². The Bertz CT molecular complexity index is 1080. The number of ketones is 1. The van der Waals surface area contributed by atoms with Gasteiger partial charge in [0.2, 0.25) is 0 Å². The minimum atomic E-state index is -1.04. The lowest BCUT2D eigenvalue weighted by Gasteiger charge is -2.36. The van der Waals surface area contributed by atoms with E-state index in [1.807, 2.05) is 0 Å². The summed E-state index contributed by atoms with van der Waals surface area (Å²) >= 11 is 12.1. The number of halogens is 2. The van der Waals surface area contributed by atoms with Gasteiger partial charge in [0.15, 0.2) is 5.78 Å². The van der Waals surface area contributed by atoms with Crippen LogP contribution in [0.4, 0.5) is 0 Å². The molecule has 1 aliphatic heterocycles. The highest BCUT2D eigenvalue weighted by Gasteiger charge is 2.53. The molecule has 0 unspecified atom stereocenters. The summed E-state index contributed by atoms with van der Waals surface area (Å²) in [7, 11) is 0. The highest BCUT2D eigenvalue weighted by Crippen LogP contribution is 2.40. The quantitative estimate of drug-likeness (QED) is 0.415. The molecule has 1 heterocycles. The van der Waals surface area contributed by atoms with E-state index in [2.05, 4.69) is 0 Å². The topological polar surface area (TPSA) is 74.8 Å². The first-order valence-corrected chi connectivity index (χ1v) is 11.9. The third-order valence-electron chi connectivity index (χ3n) is 6.45. The van der Waals surface area contributed by atoms with Crippen molar-refractivity contribution in [3.8, 4) is 0 Å². The molecule has 2 aromatic rings. The molecule has 2 fully saturated rings. The van der Waals surface area contributed by atoms with Crippen molar-refractivity contribution in [2.75, 3.05) is 0 Å². The number of amides is 3. The van der Waals surface area contributed by atoms with E-state index in [0.717, 1.165) is 22.9 Å². The van der Waals surface area contributed by atoms with E-state index in [4.69, 9.17) is 23.2 Å². The van der Waals surface area contributed by atoms with Gasteiger partial charge in [0, 0.05) is 11.1 Å². The summed E-state index contributed by atoms with van der Waals surface area (Å²) < 4.78 is 0. The van der Waals surface area contributed by atoms with Crippen molar-refractivity contribution in [3.63, 3.8) is 0 Å². The number of nitrogens with zero attached hydrogens (tertiary/aromatic N) is 2. The number of hydrogen-bond donors (Lipinski definition) is 0. The maximum atomic E-state index is 13.8. The number of hydrazine groups is 1. The fraction of sp³-hybridized carbons (Fsp3) is 0.360. The van der Waals surface area contributed by atoms with Crippen LogP contribution in [-0.4, -0.2) is 39.6 Å². The maximum Gasteiger partial charge on any atom is 0.273 e. The van der Waals surface area contributed by atoms with E-state index in [1.54, 1.807) is 37.3 Å². The molecule has 0 radical (unpaired) electrons. The molecule has 6 nitrogen and oxygen atoms in total. The van der Waals surface area contributed by atoms with Gasteiger partial charge in [0.05, 0.1) is 21.9 Å². The van der Waals surface area contributed by atoms with Crippen molar-refractivity contribution in [2.24, 2.45) is 11.8 Å². The van der Waals surface area contributed by atoms with E-state index in [-0.39, 0.29) is 27.8 Å². The van der Waals surface area contributed by atoms with Gasteiger partial charge < -0.3 is 0 Å². The van der Waals surface area contributed by atoms with Gasteiger partial charge in [-0.2, -0.15) is 5.01 Å². The van der Waals surface area contributed by atoms with Crippen LogP contribution in [0.1, 0.15) is 59.7 Å². The van der Waals surface area contributed by atoms with Gasteiger partial charge in [-0.05, 0) is 37.5 Å². The van der Waals surface area contributed by atoms with E-state index in [0.29, 0.717) is 18.4 Å². The van der Waals surface area contributed by atoms with Crippen LogP contribution in [0.15, 0.2) is 48.5 Å². The number of hydrogen-bond acceptors (Lipinski definition) is 4. The van der Waals surface area contributed by atoms with Crippen LogP contribution >= 0.6 is 23.2 Å². The fourth-order valence-electron chi connectivity index (χ4n) is 4.75. The molecule has 2 aromatic carbocycles. The highest BCUT2D eigenvalue weighted by molar-refractivity contribution is 6.42. The van der Waals surface area contributed by atoms with E-state index < -0.39 is 35.6 Å². The van der Waals surface area contributed by atoms with Gasteiger partial charge in [0.25, 0.3) is 17.7 Å². The Kier molecular flexibility index (Phi) is 6.86. The Hall–Kier alpha value is -2.70. The maximum absolute atomic E-state index is 13.8. The SMILES string of the molecule is CC[C@@H](C(=O)c1ccccc1)N(C(=O)c1ccc(Cl)c(Cl)c1)N1C(=O)[C@H]2CCCC[C@H]2C1=O. The molecule has 33 heavy (non-hydrogen) atoms. The summed E-state index contributed by atoms with van der Waals surface area (Å²) in [5, 5.41) is 2.42. The fourth-order valence-corrected chi connectivity index (χ4v) is 5.05. The molecule has 8 heteroatoms. The molecule has 0 spiro atoms. The van der Waals surface area contributed by atoms with Crippen LogP contribution in [-0.2, 0) is 9.59 Å². The summed E-state index contributed by atoms with van der Waals surface area (Å²) in [5.74, 6) is -2.75. The predicted molar refractivity (Wildman–Crippen MR) is 125 cm³/mol. The number of carbonyl (C=O) groups excluding carboxylic acids is 4. The van der Waals surface area contributed by atoms with Crippen molar-refractivity contribution in [1.82, 2.24) is 10.0 Å². The van der Waals surface area contributed by atoms with Crippen LogP contribution in [0.25, 0.3) is 0 Å². The molecule has 0 N–H and O–H groups in total. The number of rotatable bonds is 6. The second kappa shape index (κ2) is 9.65. The number of imide groups is 1. The smallest absolute Gasteiger partial charge is 0.273 e. The number of Topliss-reactive ketones (excluding diaryl/α,β-unsaturated/α-hetero) is 1. The standard InChI is InChI=1S/C25H24Cl2N2O4/c1-2-21(22(30)15-8-4-3-5-9-15)28(23(31)16-12-13-19(26)20(27)14-16)29-24(32)17-10-6-7-11-18(17)25(29)33/h3-5,8-9,12-14,17-18,21H,2,6-7,10-11H2,1H3/t17-,18+,21-/m0/s1. The molecule has 1 saturated carbocycles. The van der Waals surface area contributed by atoms with Gasteiger partial charge in [-0.15, -0.1) is 0 Å². The van der Waals surface area contributed by atoms with Crippen LogP contribution in [0.2, 0.25) is 10.0 Å².